The molecule has 2 heterocycles. The van der Waals surface area contributed by atoms with E-state index in [0.717, 1.165) is 25.7 Å². The molecule has 9 nitrogen and oxygen atoms in total. The van der Waals surface area contributed by atoms with Crippen molar-refractivity contribution in [1.29, 1.82) is 0 Å². The van der Waals surface area contributed by atoms with Crippen molar-refractivity contribution in [3.05, 3.63) is 51.2 Å². The van der Waals surface area contributed by atoms with Crippen molar-refractivity contribution in [2.75, 3.05) is 13.1 Å². The van der Waals surface area contributed by atoms with Gasteiger partial charge in [-0.05, 0) is 75.6 Å². The van der Waals surface area contributed by atoms with Crippen LogP contribution in [-0.2, 0) is 21.4 Å². The number of hydrogen-bond acceptors (Lipinski definition) is 5. The van der Waals surface area contributed by atoms with Crippen LogP contribution < -0.4 is 16.0 Å². The van der Waals surface area contributed by atoms with Crippen LogP contribution in [0.1, 0.15) is 50.6 Å². The normalized spacial score (nSPS) is 21.7. The van der Waals surface area contributed by atoms with Crippen LogP contribution in [0.4, 0.5) is 0 Å². The smallest absolute Gasteiger partial charge is 0.331 e. The summed E-state index contributed by atoms with van der Waals surface area (Å²) in [4.78, 5) is 40.9. The molecule has 5 rings (SSSR count). The standard InChI is InChI=1S/C24H30N4O5S/c1-4-21(29)26-10-7-17(14-26)28-22(30)18-12-20(34(32,33)25-24(3)8-9-24)15(2)11-19(18)27(23(28)31)13-16-5-6-16/h4,11-12,16-17,25H,1,5-10,13-14H2,2-3H3. The lowest BCUT2D eigenvalue weighted by atomic mass is 10.1. The summed E-state index contributed by atoms with van der Waals surface area (Å²) in [5, 5.41) is 0.209. The number of aryl methyl sites for hydroxylation is 1. The number of fused-ring (bicyclic) bond motifs is 1. The van der Waals surface area contributed by atoms with Crippen molar-refractivity contribution in [2.24, 2.45) is 5.92 Å². The minimum Gasteiger partial charge on any atom is -0.337 e. The Morgan fingerprint density at radius 2 is 1.94 bits per heavy atom. The summed E-state index contributed by atoms with van der Waals surface area (Å²) < 4.78 is 31.9. The van der Waals surface area contributed by atoms with Crippen molar-refractivity contribution in [3.63, 3.8) is 0 Å². The predicted molar refractivity (Wildman–Crippen MR) is 128 cm³/mol. The van der Waals surface area contributed by atoms with E-state index < -0.39 is 32.9 Å². The number of amides is 1. The molecule has 1 atom stereocenters. The second-order valence-corrected chi connectivity index (χ2v) is 11.9. The molecule has 2 aliphatic carbocycles. The third-order valence-electron chi connectivity index (χ3n) is 7.29. The average molecular weight is 487 g/mol. The molecule has 1 saturated heterocycles. The Morgan fingerprint density at radius 1 is 1.24 bits per heavy atom. The van der Waals surface area contributed by atoms with Crippen LogP contribution in [0.2, 0.25) is 0 Å². The van der Waals surface area contributed by atoms with Gasteiger partial charge in [-0.1, -0.05) is 6.58 Å². The number of nitrogens with zero attached hydrogens (tertiary/aromatic N) is 3. The van der Waals surface area contributed by atoms with Crippen LogP contribution in [0.3, 0.4) is 0 Å². The molecule has 1 aromatic heterocycles. The lowest BCUT2D eigenvalue weighted by Gasteiger charge is -2.20. The van der Waals surface area contributed by atoms with Crippen LogP contribution >= 0.6 is 0 Å². The van der Waals surface area contributed by atoms with Crippen LogP contribution in [0.5, 0.6) is 0 Å². The van der Waals surface area contributed by atoms with E-state index in [1.54, 1.807) is 22.5 Å². The maximum atomic E-state index is 13.6. The molecule has 0 spiro atoms. The van der Waals surface area contributed by atoms with Gasteiger partial charge in [0.05, 0.1) is 21.8 Å². The predicted octanol–water partition coefficient (Wildman–Crippen LogP) is 1.67. The first-order valence-electron chi connectivity index (χ1n) is 11.8. The number of rotatable bonds is 7. The van der Waals surface area contributed by atoms with E-state index in [4.69, 9.17) is 0 Å². The zero-order chi connectivity index (χ0) is 24.4. The molecule has 1 amide bonds. The lowest BCUT2D eigenvalue weighted by Crippen LogP contribution is -2.43. The third kappa shape index (κ3) is 4.02. The molecule has 1 unspecified atom stereocenters. The van der Waals surface area contributed by atoms with Gasteiger partial charge in [0.2, 0.25) is 15.9 Å². The maximum absolute atomic E-state index is 13.6. The number of benzene rings is 1. The number of carbonyl (C=O) groups is 1. The van der Waals surface area contributed by atoms with E-state index in [1.165, 1.54) is 16.7 Å². The van der Waals surface area contributed by atoms with E-state index in [1.807, 2.05) is 6.92 Å². The second kappa shape index (κ2) is 7.91. The van der Waals surface area contributed by atoms with Gasteiger partial charge in [-0.15, -0.1) is 0 Å². The first kappa shape index (κ1) is 23.0. The van der Waals surface area contributed by atoms with Crippen LogP contribution in [0.25, 0.3) is 10.9 Å². The molecule has 3 fully saturated rings. The van der Waals surface area contributed by atoms with Crippen LogP contribution in [0.15, 0.2) is 39.3 Å². The van der Waals surface area contributed by atoms with E-state index >= 15 is 0 Å². The van der Waals surface area contributed by atoms with Crippen molar-refractivity contribution in [1.82, 2.24) is 18.8 Å². The fourth-order valence-electron chi connectivity index (χ4n) is 4.81. The van der Waals surface area contributed by atoms with Crippen LogP contribution in [0, 0.1) is 12.8 Å². The number of sulfonamides is 1. The first-order valence-corrected chi connectivity index (χ1v) is 13.3. The number of carbonyl (C=O) groups excluding carboxylic acids is 1. The minimum atomic E-state index is -3.83. The Kier molecular flexibility index (Phi) is 5.36. The summed E-state index contributed by atoms with van der Waals surface area (Å²) in [6.45, 7) is 8.22. The molecular weight excluding hydrogens is 456 g/mol. The fourth-order valence-corrected chi connectivity index (χ4v) is 6.53. The molecule has 0 radical (unpaired) electrons. The van der Waals surface area contributed by atoms with E-state index in [9.17, 15) is 22.8 Å². The molecule has 10 heteroatoms. The second-order valence-electron chi connectivity index (χ2n) is 10.2. The Bertz CT molecular complexity index is 1430. The molecular formula is C24H30N4O5S. The van der Waals surface area contributed by atoms with Crippen molar-refractivity contribution < 1.29 is 13.2 Å². The maximum Gasteiger partial charge on any atom is 0.331 e. The molecule has 2 aromatic rings. The van der Waals surface area contributed by atoms with Gasteiger partial charge in [0.15, 0.2) is 0 Å². The molecule has 2 saturated carbocycles. The average Bonchev–Trinajstić information content (AvgIpc) is 3.69. The lowest BCUT2D eigenvalue weighted by molar-refractivity contribution is -0.125. The fraction of sp³-hybridized carbons (Fsp3) is 0.542. The Balaban J connectivity index is 1.68. The summed E-state index contributed by atoms with van der Waals surface area (Å²) in [6, 6.07) is 2.60. The van der Waals surface area contributed by atoms with Gasteiger partial charge >= 0.3 is 5.69 Å². The number of aromatic nitrogens is 2. The summed E-state index contributed by atoms with van der Waals surface area (Å²) in [5.41, 5.74) is -0.408. The number of nitrogens with one attached hydrogen (secondary N) is 1. The van der Waals surface area contributed by atoms with E-state index in [2.05, 4.69) is 11.3 Å². The number of likely N-dealkylation sites (tertiary alicyclic amines) is 1. The Morgan fingerprint density at radius 3 is 2.56 bits per heavy atom. The van der Waals surface area contributed by atoms with Gasteiger partial charge in [-0.25, -0.2) is 17.9 Å². The minimum absolute atomic E-state index is 0.0586. The molecule has 1 aliphatic heterocycles. The highest BCUT2D eigenvalue weighted by Gasteiger charge is 2.42. The highest BCUT2D eigenvalue weighted by Crippen LogP contribution is 2.37. The van der Waals surface area contributed by atoms with Gasteiger partial charge in [0.25, 0.3) is 5.56 Å². The third-order valence-corrected chi connectivity index (χ3v) is 9.07. The quantitative estimate of drug-likeness (QED) is 0.599. The highest BCUT2D eigenvalue weighted by molar-refractivity contribution is 7.89. The molecule has 182 valence electrons. The molecule has 0 bridgehead atoms. The van der Waals surface area contributed by atoms with Crippen molar-refractivity contribution in [2.45, 2.75) is 69.0 Å². The van der Waals surface area contributed by atoms with Gasteiger partial charge in [-0.3, -0.25) is 18.7 Å². The Hall–Kier alpha value is -2.72. The molecule has 1 N–H and O–H groups in total. The van der Waals surface area contributed by atoms with Crippen molar-refractivity contribution in [3.8, 4) is 0 Å². The molecule has 34 heavy (non-hydrogen) atoms. The van der Waals surface area contributed by atoms with Crippen LogP contribution in [-0.4, -0.2) is 47.0 Å². The summed E-state index contributed by atoms with van der Waals surface area (Å²) >= 11 is 0. The first-order chi connectivity index (χ1) is 16.0. The molecule has 3 aliphatic rings. The van der Waals surface area contributed by atoms with E-state index in [0.29, 0.717) is 36.5 Å². The largest absolute Gasteiger partial charge is 0.337 e. The van der Waals surface area contributed by atoms with E-state index in [-0.39, 0.29) is 22.7 Å². The highest BCUT2D eigenvalue weighted by atomic mass is 32.2. The monoisotopic (exact) mass is 486 g/mol. The van der Waals surface area contributed by atoms with Gasteiger partial charge < -0.3 is 4.90 Å². The van der Waals surface area contributed by atoms with Crippen molar-refractivity contribution >= 4 is 26.8 Å². The zero-order valence-electron chi connectivity index (χ0n) is 19.5. The van der Waals surface area contributed by atoms with Gasteiger partial charge in [0.1, 0.15) is 0 Å². The number of hydrogen-bond donors (Lipinski definition) is 1. The topological polar surface area (TPSA) is 110 Å². The summed E-state index contributed by atoms with van der Waals surface area (Å²) in [6.07, 6.45) is 5.28. The van der Waals surface area contributed by atoms with Gasteiger partial charge in [-0.2, -0.15) is 0 Å². The van der Waals surface area contributed by atoms with Gasteiger partial charge in [0, 0.05) is 25.2 Å². The SMILES string of the molecule is C=CC(=O)N1CCC(n2c(=O)c3cc(S(=O)(=O)NC4(C)CC4)c(C)cc3n(CC3CC3)c2=O)C1. The zero-order valence-corrected chi connectivity index (χ0v) is 20.4. The summed E-state index contributed by atoms with van der Waals surface area (Å²) in [5.74, 6) is 0.132. The Labute approximate surface area is 198 Å². The molecule has 1 aromatic carbocycles. The summed E-state index contributed by atoms with van der Waals surface area (Å²) in [7, 11) is -3.83.